The second-order valence-corrected chi connectivity index (χ2v) is 5.61. The summed E-state index contributed by atoms with van der Waals surface area (Å²) < 4.78 is 11.2. The van der Waals surface area contributed by atoms with Gasteiger partial charge in [0.25, 0.3) is 0 Å². The summed E-state index contributed by atoms with van der Waals surface area (Å²) in [6.07, 6.45) is 0.117. The van der Waals surface area contributed by atoms with Crippen LogP contribution in [-0.2, 0) is 0 Å². The van der Waals surface area contributed by atoms with Gasteiger partial charge in [-0.05, 0) is 57.5 Å². The Morgan fingerprint density at radius 3 is 2.45 bits per heavy atom. The average molecular weight is 300 g/mol. The van der Waals surface area contributed by atoms with Gasteiger partial charge in [0, 0.05) is 5.69 Å². The Morgan fingerprint density at radius 2 is 1.82 bits per heavy atom. The molecule has 0 radical (unpaired) electrons. The van der Waals surface area contributed by atoms with Gasteiger partial charge in [0.2, 0.25) is 0 Å². The second kappa shape index (κ2) is 7.16. The molecule has 1 N–H and O–H groups in total. The second-order valence-electron chi connectivity index (χ2n) is 5.61. The molecule has 0 fully saturated rings. The van der Waals surface area contributed by atoms with Gasteiger partial charge in [-0.15, -0.1) is 0 Å². The number of pyridine rings is 1. The first-order valence-electron chi connectivity index (χ1n) is 7.54. The third-order valence-corrected chi connectivity index (χ3v) is 3.30. The molecule has 1 aromatic carbocycles. The Hall–Kier alpha value is -2.23. The summed E-state index contributed by atoms with van der Waals surface area (Å²) in [6.45, 7) is 8.08. The number of hydrogen-bond acceptors (Lipinski definition) is 4. The number of rotatable bonds is 6. The first kappa shape index (κ1) is 16.1. The highest BCUT2D eigenvalue weighted by Crippen LogP contribution is 2.31. The maximum Gasteiger partial charge on any atom is 0.161 e. The summed E-state index contributed by atoms with van der Waals surface area (Å²) in [4.78, 5) is 4.47. The Kier molecular flexibility index (Phi) is 5.26. The van der Waals surface area contributed by atoms with Crippen molar-refractivity contribution in [2.24, 2.45) is 0 Å². The molecular weight excluding hydrogens is 276 g/mol. The maximum atomic E-state index is 5.75. The normalized spacial score (nSPS) is 12.1. The summed E-state index contributed by atoms with van der Waals surface area (Å²) in [5, 5.41) is 3.40. The van der Waals surface area contributed by atoms with E-state index in [0.29, 0.717) is 0 Å². The highest BCUT2D eigenvalue weighted by molar-refractivity contribution is 5.46. The number of methoxy groups -OCH3 is 1. The highest BCUT2D eigenvalue weighted by atomic mass is 16.5. The molecule has 118 valence electrons. The zero-order valence-electron chi connectivity index (χ0n) is 13.9. The van der Waals surface area contributed by atoms with E-state index < -0.39 is 0 Å². The van der Waals surface area contributed by atoms with Crippen molar-refractivity contribution in [3.05, 3.63) is 47.7 Å². The lowest BCUT2D eigenvalue weighted by Crippen LogP contribution is -2.10. The van der Waals surface area contributed by atoms with Crippen molar-refractivity contribution in [3.8, 4) is 11.5 Å². The molecule has 4 heteroatoms. The summed E-state index contributed by atoms with van der Waals surface area (Å²) in [6, 6.07) is 12.1. The number of aromatic nitrogens is 1. The Labute approximate surface area is 132 Å². The molecule has 0 saturated carbocycles. The molecule has 0 aliphatic heterocycles. The van der Waals surface area contributed by atoms with E-state index >= 15 is 0 Å². The lowest BCUT2D eigenvalue weighted by atomic mass is 10.1. The summed E-state index contributed by atoms with van der Waals surface area (Å²) in [5.74, 6) is 2.38. The monoisotopic (exact) mass is 300 g/mol. The van der Waals surface area contributed by atoms with Gasteiger partial charge < -0.3 is 14.8 Å². The highest BCUT2D eigenvalue weighted by Gasteiger charge is 2.12. The standard InChI is InChI=1S/C18H24N2O2/c1-12(2)22-16-10-9-15(11-17(16)21-5)14(4)20-18-8-6-7-13(3)19-18/h6-12,14H,1-5H3,(H,19,20). The molecule has 22 heavy (non-hydrogen) atoms. The Bertz CT molecular complexity index is 626. The van der Waals surface area contributed by atoms with Gasteiger partial charge in [0.1, 0.15) is 5.82 Å². The van der Waals surface area contributed by atoms with Crippen LogP contribution in [0.1, 0.15) is 38.1 Å². The quantitative estimate of drug-likeness (QED) is 0.861. The molecule has 0 aliphatic rings. The third kappa shape index (κ3) is 4.13. The number of nitrogens with one attached hydrogen (secondary N) is 1. The zero-order valence-corrected chi connectivity index (χ0v) is 13.9. The van der Waals surface area contributed by atoms with Crippen LogP contribution < -0.4 is 14.8 Å². The van der Waals surface area contributed by atoms with Crippen molar-refractivity contribution in [2.75, 3.05) is 12.4 Å². The van der Waals surface area contributed by atoms with Gasteiger partial charge in [0.05, 0.1) is 19.3 Å². The number of anilines is 1. The minimum absolute atomic E-state index is 0.117. The number of nitrogens with zero attached hydrogens (tertiary/aromatic N) is 1. The van der Waals surface area contributed by atoms with Crippen molar-refractivity contribution < 1.29 is 9.47 Å². The first-order chi connectivity index (χ1) is 10.5. The predicted octanol–water partition coefficient (Wildman–Crippen LogP) is 4.36. The van der Waals surface area contributed by atoms with Crippen LogP contribution in [0.4, 0.5) is 5.82 Å². The van der Waals surface area contributed by atoms with Gasteiger partial charge >= 0.3 is 0 Å². The molecule has 2 aromatic rings. The molecule has 0 saturated heterocycles. The van der Waals surface area contributed by atoms with Gasteiger partial charge in [-0.1, -0.05) is 12.1 Å². The molecule has 0 spiro atoms. The van der Waals surface area contributed by atoms with Gasteiger partial charge in [-0.3, -0.25) is 0 Å². The molecule has 1 aromatic heterocycles. The van der Waals surface area contributed by atoms with Crippen LogP contribution >= 0.6 is 0 Å². The molecule has 0 bridgehead atoms. The summed E-state index contributed by atoms with van der Waals surface area (Å²) in [5.41, 5.74) is 2.12. The number of ether oxygens (including phenoxy) is 2. The zero-order chi connectivity index (χ0) is 16.1. The molecule has 2 rings (SSSR count). The fourth-order valence-electron chi connectivity index (χ4n) is 2.23. The van der Waals surface area contributed by atoms with Crippen molar-refractivity contribution >= 4 is 5.82 Å². The van der Waals surface area contributed by atoms with Crippen LogP contribution in [0.25, 0.3) is 0 Å². The summed E-state index contributed by atoms with van der Waals surface area (Å²) >= 11 is 0. The number of aryl methyl sites for hydroxylation is 1. The Morgan fingerprint density at radius 1 is 1.05 bits per heavy atom. The SMILES string of the molecule is COc1cc(C(C)Nc2cccc(C)n2)ccc1OC(C)C. The van der Waals surface area contributed by atoms with Crippen LogP contribution in [0.3, 0.4) is 0 Å². The van der Waals surface area contributed by atoms with E-state index in [2.05, 4.69) is 17.2 Å². The van der Waals surface area contributed by atoms with Crippen molar-refractivity contribution in [1.29, 1.82) is 0 Å². The minimum atomic E-state index is 0.117. The van der Waals surface area contributed by atoms with Crippen molar-refractivity contribution in [3.63, 3.8) is 0 Å². The van der Waals surface area contributed by atoms with Crippen LogP contribution in [0.5, 0.6) is 11.5 Å². The van der Waals surface area contributed by atoms with Crippen LogP contribution in [0.2, 0.25) is 0 Å². The summed E-state index contributed by atoms with van der Waals surface area (Å²) in [7, 11) is 1.66. The number of hydrogen-bond donors (Lipinski definition) is 1. The van der Waals surface area contributed by atoms with E-state index in [4.69, 9.17) is 9.47 Å². The van der Waals surface area contributed by atoms with Crippen LogP contribution in [0, 0.1) is 6.92 Å². The van der Waals surface area contributed by atoms with E-state index in [-0.39, 0.29) is 12.1 Å². The fraction of sp³-hybridized carbons (Fsp3) is 0.389. The average Bonchev–Trinajstić information content (AvgIpc) is 2.47. The molecular formula is C18H24N2O2. The molecule has 1 heterocycles. The van der Waals surface area contributed by atoms with Gasteiger partial charge in [0.15, 0.2) is 11.5 Å². The van der Waals surface area contributed by atoms with Gasteiger partial charge in [-0.2, -0.15) is 0 Å². The fourth-order valence-corrected chi connectivity index (χ4v) is 2.23. The third-order valence-electron chi connectivity index (χ3n) is 3.30. The van der Waals surface area contributed by atoms with E-state index in [1.165, 1.54) is 0 Å². The molecule has 0 aliphatic carbocycles. The maximum absolute atomic E-state index is 5.75. The van der Waals surface area contributed by atoms with E-state index in [9.17, 15) is 0 Å². The van der Waals surface area contributed by atoms with Gasteiger partial charge in [-0.25, -0.2) is 4.98 Å². The van der Waals surface area contributed by atoms with E-state index in [1.54, 1.807) is 7.11 Å². The van der Waals surface area contributed by atoms with Crippen molar-refractivity contribution in [2.45, 2.75) is 39.8 Å². The molecule has 1 atom stereocenters. The molecule has 4 nitrogen and oxygen atoms in total. The Balaban J connectivity index is 2.17. The van der Waals surface area contributed by atoms with Crippen LogP contribution in [0.15, 0.2) is 36.4 Å². The molecule has 1 unspecified atom stereocenters. The first-order valence-corrected chi connectivity index (χ1v) is 7.54. The van der Waals surface area contributed by atoms with Crippen molar-refractivity contribution in [1.82, 2.24) is 4.98 Å². The largest absolute Gasteiger partial charge is 0.493 e. The lowest BCUT2D eigenvalue weighted by molar-refractivity contribution is 0.230. The topological polar surface area (TPSA) is 43.4 Å². The smallest absolute Gasteiger partial charge is 0.161 e. The predicted molar refractivity (Wildman–Crippen MR) is 89.8 cm³/mol. The van der Waals surface area contributed by atoms with E-state index in [0.717, 1.165) is 28.6 Å². The lowest BCUT2D eigenvalue weighted by Gasteiger charge is -2.18. The van der Waals surface area contributed by atoms with Crippen LogP contribution in [-0.4, -0.2) is 18.2 Å². The molecule has 0 amide bonds. The number of benzene rings is 1. The minimum Gasteiger partial charge on any atom is -0.493 e. The van der Waals surface area contributed by atoms with E-state index in [1.807, 2.05) is 57.2 Å².